The fourth-order valence-electron chi connectivity index (χ4n) is 3.13. The van der Waals surface area contributed by atoms with Gasteiger partial charge in [-0.3, -0.25) is 0 Å². The van der Waals surface area contributed by atoms with Crippen molar-refractivity contribution < 1.29 is 14.3 Å². The Bertz CT molecular complexity index is 771. The molecule has 8 heteroatoms. The maximum absolute atomic E-state index is 12.3. The number of halogens is 1. The predicted octanol–water partition coefficient (Wildman–Crippen LogP) is 3.28. The maximum Gasteiger partial charge on any atom is 0.410 e. The monoisotopic (exact) mass is 366 g/mol. The zero-order valence-electron chi connectivity index (χ0n) is 14.9. The van der Waals surface area contributed by atoms with Crippen molar-refractivity contribution in [3.63, 3.8) is 0 Å². The SMILES string of the molecule is CO[C@H]1CN(C(=O)OC(C)(C)C)CC[C@@H]1n1ccc2cnc(Cl)nc21. The summed E-state index contributed by atoms with van der Waals surface area (Å²) in [4.78, 5) is 22.4. The highest BCUT2D eigenvalue weighted by Gasteiger charge is 2.35. The van der Waals surface area contributed by atoms with Gasteiger partial charge in [-0.2, -0.15) is 4.98 Å². The summed E-state index contributed by atoms with van der Waals surface area (Å²) < 4.78 is 13.2. The van der Waals surface area contributed by atoms with E-state index in [4.69, 9.17) is 21.1 Å². The van der Waals surface area contributed by atoms with Gasteiger partial charge in [0.2, 0.25) is 5.28 Å². The van der Waals surface area contributed by atoms with Gasteiger partial charge in [0.15, 0.2) is 0 Å². The van der Waals surface area contributed by atoms with Gasteiger partial charge in [-0.15, -0.1) is 0 Å². The first kappa shape index (κ1) is 17.9. The number of aromatic nitrogens is 3. The quantitative estimate of drug-likeness (QED) is 0.763. The van der Waals surface area contributed by atoms with E-state index in [9.17, 15) is 4.79 Å². The Morgan fingerprint density at radius 2 is 2.16 bits per heavy atom. The number of hydrogen-bond donors (Lipinski definition) is 0. The van der Waals surface area contributed by atoms with E-state index in [1.807, 2.05) is 33.0 Å². The standard InChI is InChI=1S/C17H23ClN4O3/c1-17(2,3)25-16(23)21-7-6-12(13(10-21)24-4)22-8-5-11-9-19-15(18)20-14(11)22/h5,8-9,12-13H,6-7,10H2,1-4H3/t12-,13-/m0/s1. The van der Waals surface area contributed by atoms with E-state index in [0.29, 0.717) is 13.1 Å². The number of fused-ring (bicyclic) bond motifs is 1. The van der Waals surface area contributed by atoms with Crippen molar-refractivity contribution in [2.45, 2.75) is 44.9 Å². The van der Waals surface area contributed by atoms with Crippen LogP contribution in [0.25, 0.3) is 11.0 Å². The second-order valence-corrected chi connectivity index (χ2v) is 7.54. The summed E-state index contributed by atoms with van der Waals surface area (Å²) >= 11 is 5.95. The van der Waals surface area contributed by atoms with Gasteiger partial charge in [-0.05, 0) is 44.9 Å². The van der Waals surface area contributed by atoms with E-state index >= 15 is 0 Å². The molecule has 2 atom stereocenters. The van der Waals surface area contributed by atoms with Crippen LogP contribution in [0.3, 0.4) is 0 Å². The lowest BCUT2D eigenvalue weighted by atomic mass is 10.0. The summed E-state index contributed by atoms with van der Waals surface area (Å²) in [5, 5.41) is 1.14. The number of carbonyl (C=O) groups excluding carboxylic acids is 1. The van der Waals surface area contributed by atoms with E-state index in [1.54, 1.807) is 18.2 Å². The lowest BCUT2D eigenvalue weighted by Crippen LogP contribution is -2.49. The molecule has 0 saturated carbocycles. The number of likely N-dealkylation sites (tertiary alicyclic amines) is 1. The zero-order chi connectivity index (χ0) is 18.2. The van der Waals surface area contributed by atoms with Gasteiger partial charge in [0.25, 0.3) is 0 Å². The number of nitrogens with zero attached hydrogens (tertiary/aromatic N) is 4. The van der Waals surface area contributed by atoms with E-state index < -0.39 is 5.60 Å². The Hall–Kier alpha value is -1.86. The van der Waals surface area contributed by atoms with E-state index in [2.05, 4.69) is 14.5 Å². The lowest BCUT2D eigenvalue weighted by Gasteiger charge is -2.39. The smallest absolute Gasteiger partial charge is 0.410 e. The van der Waals surface area contributed by atoms with Gasteiger partial charge in [-0.1, -0.05) is 0 Å². The third-order valence-electron chi connectivity index (χ3n) is 4.26. The largest absolute Gasteiger partial charge is 0.444 e. The minimum absolute atomic E-state index is 0.0622. The normalized spacial score (nSPS) is 21.6. The molecule has 3 rings (SSSR count). The highest BCUT2D eigenvalue weighted by Crippen LogP contribution is 2.29. The number of rotatable bonds is 2. The Labute approximate surface area is 151 Å². The molecule has 1 saturated heterocycles. The number of carbonyl (C=O) groups is 1. The van der Waals surface area contributed by atoms with Gasteiger partial charge in [0.05, 0.1) is 18.7 Å². The highest BCUT2D eigenvalue weighted by atomic mass is 35.5. The second-order valence-electron chi connectivity index (χ2n) is 7.20. The van der Waals surface area contributed by atoms with Crippen LogP contribution in [0.1, 0.15) is 33.2 Å². The van der Waals surface area contributed by atoms with Gasteiger partial charge >= 0.3 is 6.09 Å². The summed E-state index contributed by atoms with van der Waals surface area (Å²) in [6.45, 7) is 6.65. The average molecular weight is 367 g/mol. The van der Waals surface area contributed by atoms with Crippen molar-refractivity contribution in [2.75, 3.05) is 20.2 Å². The molecule has 0 N–H and O–H groups in total. The summed E-state index contributed by atoms with van der Waals surface area (Å²) in [6, 6.07) is 2.02. The van der Waals surface area contributed by atoms with Crippen LogP contribution in [0.5, 0.6) is 0 Å². The summed E-state index contributed by atoms with van der Waals surface area (Å²) in [5.74, 6) is 0. The zero-order valence-corrected chi connectivity index (χ0v) is 15.7. The molecule has 0 bridgehead atoms. The molecule has 7 nitrogen and oxygen atoms in total. The van der Waals surface area contributed by atoms with Gasteiger partial charge < -0.3 is 18.9 Å². The molecule has 1 aliphatic heterocycles. The second kappa shape index (κ2) is 6.80. The van der Waals surface area contributed by atoms with Crippen LogP contribution >= 0.6 is 11.6 Å². The first-order valence-corrected chi connectivity index (χ1v) is 8.66. The van der Waals surface area contributed by atoms with Crippen LogP contribution in [-0.4, -0.2) is 57.4 Å². The van der Waals surface area contributed by atoms with E-state index in [0.717, 1.165) is 17.5 Å². The molecule has 136 valence electrons. The minimum Gasteiger partial charge on any atom is -0.444 e. The highest BCUT2D eigenvalue weighted by molar-refractivity contribution is 6.28. The Balaban J connectivity index is 1.80. The lowest BCUT2D eigenvalue weighted by molar-refractivity contribution is -0.0244. The molecular weight excluding hydrogens is 344 g/mol. The average Bonchev–Trinajstić information content (AvgIpc) is 2.95. The maximum atomic E-state index is 12.3. The molecule has 0 radical (unpaired) electrons. The number of piperidine rings is 1. The van der Waals surface area contributed by atoms with Crippen molar-refractivity contribution in [2.24, 2.45) is 0 Å². The van der Waals surface area contributed by atoms with Crippen molar-refractivity contribution in [3.8, 4) is 0 Å². The van der Waals surface area contributed by atoms with Crippen molar-refractivity contribution in [1.29, 1.82) is 0 Å². The van der Waals surface area contributed by atoms with Crippen LogP contribution in [-0.2, 0) is 9.47 Å². The molecular formula is C17H23ClN4O3. The molecule has 0 unspecified atom stereocenters. The van der Waals surface area contributed by atoms with Gasteiger partial charge in [0, 0.05) is 31.4 Å². The molecule has 0 spiro atoms. The summed E-state index contributed by atoms with van der Waals surface area (Å²) in [7, 11) is 1.66. The number of methoxy groups -OCH3 is 1. The fourth-order valence-corrected chi connectivity index (χ4v) is 3.26. The van der Waals surface area contributed by atoms with Crippen LogP contribution in [0, 0.1) is 0 Å². The molecule has 1 aliphatic rings. The fraction of sp³-hybridized carbons (Fsp3) is 0.588. The number of ether oxygens (including phenoxy) is 2. The van der Waals surface area contributed by atoms with Crippen LogP contribution in [0.2, 0.25) is 5.28 Å². The molecule has 1 fully saturated rings. The molecule has 0 aromatic carbocycles. The van der Waals surface area contributed by atoms with Crippen molar-refractivity contribution in [3.05, 3.63) is 23.7 Å². The van der Waals surface area contributed by atoms with E-state index in [1.165, 1.54) is 0 Å². The molecule has 0 aliphatic carbocycles. The number of hydrogen-bond acceptors (Lipinski definition) is 5. The summed E-state index contributed by atoms with van der Waals surface area (Å²) in [6.07, 6.45) is 3.94. The Morgan fingerprint density at radius 1 is 1.40 bits per heavy atom. The molecule has 1 amide bonds. The third kappa shape index (κ3) is 3.88. The number of amides is 1. The van der Waals surface area contributed by atoms with Crippen molar-refractivity contribution in [1.82, 2.24) is 19.4 Å². The van der Waals surface area contributed by atoms with Gasteiger partial charge in [0.1, 0.15) is 11.2 Å². The van der Waals surface area contributed by atoms with Crippen LogP contribution in [0.15, 0.2) is 18.5 Å². The Morgan fingerprint density at radius 3 is 2.84 bits per heavy atom. The van der Waals surface area contributed by atoms with Crippen LogP contribution in [0.4, 0.5) is 4.79 Å². The first-order chi connectivity index (χ1) is 11.8. The van der Waals surface area contributed by atoms with Gasteiger partial charge in [-0.25, -0.2) is 9.78 Å². The molecule has 2 aromatic rings. The van der Waals surface area contributed by atoms with E-state index in [-0.39, 0.29) is 23.5 Å². The Kier molecular flexibility index (Phi) is 4.88. The first-order valence-electron chi connectivity index (χ1n) is 8.28. The molecule has 3 heterocycles. The minimum atomic E-state index is -0.513. The summed E-state index contributed by atoms with van der Waals surface area (Å²) in [5.41, 5.74) is 0.263. The molecule has 2 aromatic heterocycles. The molecule has 25 heavy (non-hydrogen) atoms. The van der Waals surface area contributed by atoms with Crippen LogP contribution < -0.4 is 0 Å². The predicted molar refractivity (Wildman–Crippen MR) is 94.8 cm³/mol. The third-order valence-corrected chi connectivity index (χ3v) is 4.44. The topological polar surface area (TPSA) is 69.5 Å². The van der Waals surface area contributed by atoms with Crippen molar-refractivity contribution >= 4 is 28.7 Å².